The highest BCUT2D eigenvalue weighted by Gasteiger charge is 2.32. The van der Waals surface area contributed by atoms with Gasteiger partial charge in [0, 0.05) is 38.4 Å². The van der Waals surface area contributed by atoms with E-state index in [4.69, 9.17) is 0 Å². The summed E-state index contributed by atoms with van der Waals surface area (Å²) in [7, 11) is -4.10. The standard InChI is InChI=1S/C16H16F2N4O3S/c1-11-9-20-14(10-19-11)16(23)21-4-6-22(7-5-21)26(24,25)15-3-2-12(17)8-13(15)18/h2-3,8-10H,4-7H2,1H3. The van der Waals surface area contributed by atoms with E-state index in [9.17, 15) is 22.0 Å². The molecular weight excluding hydrogens is 366 g/mol. The van der Waals surface area contributed by atoms with Gasteiger partial charge in [-0.2, -0.15) is 4.31 Å². The molecular formula is C16H16F2N4O3S. The third-order valence-corrected chi connectivity index (χ3v) is 5.97. The molecule has 0 N–H and O–H groups in total. The van der Waals surface area contributed by atoms with E-state index in [1.165, 1.54) is 17.3 Å². The van der Waals surface area contributed by atoms with Crippen molar-refractivity contribution in [3.05, 3.63) is 53.6 Å². The molecule has 0 bridgehead atoms. The molecule has 2 aromatic rings. The van der Waals surface area contributed by atoms with Gasteiger partial charge in [0.1, 0.15) is 22.2 Å². The Kier molecular flexibility index (Phi) is 4.97. The van der Waals surface area contributed by atoms with Gasteiger partial charge >= 0.3 is 0 Å². The summed E-state index contributed by atoms with van der Waals surface area (Å²) in [6.45, 7) is 2.03. The summed E-state index contributed by atoms with van der Waals surface area (Å²) in [5.41, 5.74) is 0.857. The van der Waals surface area contributed by atoms with Gasteiger partial charge in [0.05, 0.1) is 11.9 Å². The van der Waals surface area contributed by atoms with Crippen molar-refractivity contribution >= 4 is 15.9 Å². The maximum absolute atomic E-state index is 13.8. The van der Waals surface area contributed by atoms with Crippen molar-refractivity contribution < 1.29 is 22.0 Å². The highest BCUT2D eigenvalue weighted by atomic mass is 32.2. The van der Waals surface area contributed by atoms with Crippen LogP contribution in [-0.2, 0) is 10.0 Å². The Balaban J connectivity index is 1.71. The summed E-state index contributed by atoms with van der Waals surface area (Å²) in [5, 5.41) is 0. The molecule has 1 aromatic carbocycles. The number of halogens is 2. The number of amides is 1. The number of sulfonamides is 1. The zero-order valence-corrected chi connectivity index (χ0v) is 14.7. The second kappa shape index (κ2) is 7.04. The lowest BCUT2D eigenvalue weighted by Crippen LogP contribution is -2.50. The molecule has 138 valence electrons. The van der Waals surface area contributed by atoms with Crippen molar-refractivity contribution in [3.8, 4) is 0 Å². The molecule has 0 unspecified atom stereocenters. The Morgan fingerprint density at radius 2 is 1.77 bits per heavy atom. The van der Waals surface area contributed by atoms with Crippen LogP contribution in [0, 0.1) is 18.6 Å². The van der Waals surface area contributed by atoms with Gasteiger partial charge in [-0.05, 0) is 19.1 Å². The summed E-state index contributed by atoms with van der Waals surface area (Å²) in [4.78, 5) is 21.3. The fraction of sp³-hybridized carbons (Fsp3) is 0.312. The monoisotopic (exact) mass is 382 g/mol. The summed E-state index contributed by atoms with van der Waals surface area (Å²) < 4.78 is 53.0. The fourth-order valence-corrected chi connectivity index (χ4v) is 4.09. The van der Waals surface area contributed by atoms with Crippen LogP contribution in [0.25, 0.3) is 0 Å². The molecule has 0 radical (unpaired) electrons. The minimum atomic E-state index is -4.10. The van der Waals surface area contributed by atoms with Gasteiger partial charge in [0.15, 0.2) is 0 Å². The average Bonchev–Trinajstić information content (AvgIpc) is 2.61. The minimum Gasteiger partial charge on any atom is -0.335 e. The van der Waals surface area contributed by atoms with Crippen LogP contribution in [0.15, 0.2) is 35.5 Å². The van der Waals surface area contributed by atoms with Gasteiger partial charge in [-0.15, -0.1) is 0 Å². The number of aryl methyl sites for hydroxylation is 1. The zero-order chi connectivity index (χ0) is 18.9. The molecule has 2 heterocycles. The summed E-state index contributed by atoms with van der Waals surface area (Å²) >= 11 is 0. The SMILES string of the molecule is Cc1cnc(C(=O)N2CCN(S(=O)(=O)c3ccc(F)cc3F)CC2)cn1. The van der Waals surface area contributed by atoms with E-state index in [0.29, 0.717) is 11.8 Å². The Morgan fingerprint density at radius 3 is 2.35 bits per heavy atom. The molecule has 7 nitrogen and oxygen atoms in total. The fourth-order valence-electron chi connectivity index (χ4n) is 2.62. The lowest BCUT2D eigenvalue weighted by Gasteiger charge is -2.33. The molecule has 0 atom stereocenters. The van der Waals surface area contributed by atoms with E-state index in [-0.39, 0.29) is 37.8 Å². The zero-order valence-electron chi connectivity index (χ0n) is 13.9. The van der Waals surface area contributed by atoms with E-state index in [1.54, 1.807) is 6.92 Å². The second-order valence-corrected chi connectivity index (χ2v) is 7.72. The van der Waals surface area contributed by atoms with Gasteiger partial charge < -0.3 is 4.90 Å². The van der Waals surface area contributed by atoms with E-state index < -0.39 is 26.6 Å². The van der Waals surface area contributed by atoms with Gasteiger partial charge in [-0.3, -0.25) is 9.78 Å². The van der Waals surface area contributed by atoms with Crippen LogP contribution >= 0.6 is 0 Å². The first-order valence-electron chi connectivity index (χ1n) is 7.82. The van der Waals surface area contributed by atoms with Crippen molar-refractivity contribution in [2.45, 2.75) is 11.8 Å². The number of hydrogen-bond donors (Lipinski definition) is 0. The number of benzene rings is 1. The predicted molar refractivity (Wildman–Crippen MR) is 87.8 cm³/mol. The summed E-state index contributed by atoms with van der Waals surface area (Å²) in [6.07, 6.45) is 2.85. The first-order chi connectivity index (χ1) is 12.3. The van der Waals surface area contributed by atoms with E-state index in [0.717, 1.165) is 16.4 Å². The molecule has 0 spiro atoms. The third-order valence-electron chi connectivity index (χ3n) is 4.04. The van der Waals surface area contributed by atoms with Gasteiger partial charge in [-0.25, -0.2) is 22.2 Å². The van der Waals surface area contributed by atoms with Crippen LogP contribution in [0.4, 0.5) is 8.78 Å². The number of rotatable bonds is 3. The van der Waals surface area contributed by atoms with E-state index >= 15 is 0 Å². The van der Waals surface area contributed by atoms with Crippen molar-refractivity contribution in [3.63, 3.8) is 0 Å². The maximum atomic E-state index is 13.8. The number of aromatic nitrogens is 2. The molecule has 0 aliphatic carbocycles. The largest absolute Gasteiger partial charge is 0.335 e. The van der Waals surface area contributed by atoms with Crippen LogP contribution in [0.1, 0.15) is 16.2 Å². The van der Waals surface area contributed by atoms with Crippen molar-refractivity contribution in [1.29, 1.82) is 0 Å². The molecule has 1 aliphatic heterocycles. The first-order valence-corrected chi connectivity index (χ1v) is 9.26. The van der Waals surface area contributed by atoms with Crippen LogP contribution in [0.3, 0.4) is 0 Å². The first kappa shape index (κ1) is 18.3. The van der Waals surface area contributed by atoms with Crippen LogP contribution < -0.4 is 0 Å². The Morgan fingerprint density at radius 1 is 1.08 bits per heavy atom. The van der Waals surface area contributed by atoms with Crippen LogP contribution in [0.5, 0.6) is 0 Å². The second-order valence-electron chi connectivity index (χ2n) is 5.81. The topological polar surface area (TPSA) is 83.5 Å². The average molecular weight is 382 g/mol. The van der Waals surface area contributed by atoms with E-state index in [2.05, 4.69) is 9.97 Å². The molecule has 26 heavy (non-hydrogen) atoms. The van der Waals surface area contributed by atoms with Crippen molar-refractivity contribution in [2.75, 3.05) is 26.2 Å². The number of nitrogens with zero attached hydrogens (tertiary/aromatic N) is 4. The molecule has 3 rings (SSSR count). The van der Waals surface area contributed by atoms with Gasteiger partial charge in [0.25, 0.3) is 5.91 Å². The highest BCUT2D eigenvalue weighted by molar-refractivity contribution is 7.89. The number of hydrogen-bond acceptors (Lipinski definition) is 5. The highest BCUT2D eigenvalue weighted by Crippen LogP contribution is 2.21. The number of carbonyl (C=O) groups excluding carboxylic acids is 1. The summed E-state index contributed by atoms with van der Waals surface area (Å²) in [5.74, 6) is -2.34. The molecule has 1 saturated heterocycles. The quantitative estimate of drug-likeness (QED) is 0.797. The van der Waals surface area contributed by atoms with Crippen molar-refractivity contribution in [1.82, 2.24) is 19.2 Å². The normalized spacial score (nSPS) is 15.9. The lowest BCUT2D eigenvalue weighted by atomic mass is 10.3. The predicted octanol–water partition coefficient (Wildman–Crippen LogP) is 1.21. The molecule has 10 heteroatoms. The van der Waals surface area contributed by atoms with E-state index in [1.807, 2.05) is 0 Å². The third kappa shape index (κ3) is 3.56. The molecule has 1 aromatic heterocycles. The summed E-state index contributed by atoms with van der Waals surface area (Å²) in [6, 6.07) is 2.33. The minimum absolute atomic E-state index is 0.00415. The Bertz CT molecular complexity index is 927. The van der Waals surface area contributed by atoms with Crippen LogP contribution in [-0.4, -0.2) is 59.7 Å². The molecule has 0 saturated carbocycles. The number of piperazine rings is 1. The lowest BCUT2D eigenvalue weighted by molar-refractivity contribution is 0.0691. The van der Waals surface area contributed by atoms with Gasteiger partial charge in [0.2, 0.25) is 10.0 Å². The Labute approximate surface area is 149 Å². The van der Waals surface area contributed by atoms with Crippen LogP contribution in [0.2, 0.25) is 0 Å². The molecule has 1 amide bonds. The maximum Gasteiger partial charge on any atom is 0.274 e. The van der Waals surface area contributed by atoms with Gasteiger partial charge in [-0.1, -0.05) is 0 Å². The number of carbonyl (C=O) groups is 1. The molecule has 1 aliphatic rings. The smallest absolute Gasteiger partial charge is 0.274 e. The van der Waals surface area contributed by atoms with Crippen molar-refractivity contribution in [2.24, 2.45) is 0 Å². The molecule has 1 fully saturated rings. The Hall–Kier alpha value is -2.46.